The van der Waals surface area contributed by atoms with E-state index < -0.39 is 30.2 Å². The number of hydrogen-bond acceptors (Lipinski definition) is 5. The predicted molar refractivity (Wildman–Crippen MR) is 69.9 cm³/mol. The van der Waals surface area contributed by atoms with E-state index in [-0.39, 0.29) is 5.92 Å². The van der Waals surface area contributed by atoms with Gasteiger partial charge in [0, 0.05) is 6.54 Å². The molecule has 4 unspecified atom stereocenters. The Balaban J connectivity index is 1.93. The van der Waals surface area contributed by atoms with Crippen molar-refractivity contribution in [3.63, 3.8) is 0 Å². The van der Waals surface area contributed by atoms with Gasteiger partial charge >= 0.3 is 0 Å². The highest BCUT2D eigenvalue weighted by atomic mass is 16.3. The molecular weight excluding hydrogens is 260 g/mol. The number of benzene rings is 1. The minimum atomic E-state index is -1.19. The number of aliphatic hydroxyl groups is 2. The van der Waals surface area contributed by atoms with E-state index in [4.69, 9.17) is 0 Å². The van der Waals surface area contributed by atoms with Crippen molar-refractivity contribution in [2.75, 3.05) is 6.54 Å². The fraction of sp³-hybridized carbons (Fsp3) is 0.429. The number of nitrogens with zero attached hydrogens (tertiary/aromatic N) is 1. The second-order valence-corrected chi connectivity index (χ2v) is 5.34. The van der Waals surface area contributed by atoms with Crippen molar-refractivity contribution in [2.24, 2.45) is 5.92 Å². The summed E-state index contributed by atoms with van der Waals surface area (Å²) in [6.07, 6.45) is -3.06. The molecule has 2 heterocycles. The van der Waals surface area contributed by atoms with Crippen molar-refractivity contribution in [3.8, 4) is 0 Å². The molecule has 6 nitrogen and oxygen atoms in total. The quantitative estimate of drug-likeness (QED) is 0.606. The number of rotatable bonds is 1. The number of piperidine rings is 1. The summed E-state index contributed by atoms with van der Waals surface area (Å²) in [7, 11) is 0. The van der Waals surface area contributed by atoms with E-state index in [0.717, 1.165) is 4.90 Å². The molecule has 3 N–H and O–H groups in total. The summed E-state index contributed by atoms with van der Waals surface area (Å²) < 4.78 is 0. The highest BCUT2D eigenvalue weighted by molar-refractivity contribution is 6.21. The molecule has 2 amide bonds. The van der Waals surface area contributed by atoms with Crippen LogP contribution in [-0.2, 0) is 0 Å². The van der Waals surface area contributed by atoms with Crippen molar-refractivity contribution < 1.29 is 19.8 Å². The third-order valence-electron chi connectivity index (χ3n) is 4.01. The van der Waals surface area contributed by atoms with Gasteiger partial charge in [0.2, 0.25) is 0 Å². The summed E-state index contributed by atoms with van der Waals surface area (Å²) in [4.78, 5) is 25.6. The van der Waals surface area contributed by atoms with Crippen molar-refractivity contribution in [3.05, 3.63) is 35.4 Å². The smallest absolute Gasteiger partial charge is 0.262 e. The lowest BCUT2D eigenvalue weighted by Crippen LogP contribution is -2.64. The monoisotopic (exact) mass is 276 g/mol. The molecule has 0 spiro atoms. The van der Waals surface area contributed by atoms with Crippen molar-refractivity contribution >= 4 is 11.8 Å². The van der Waals surface area contributed by atoms with E-state index in [1.807, 2.05) is 0 Å². The van der Waals surface area contributed by atoms with Gasteiger partial charge in [0.1, 0.15) is 12.3 Å². The van der Waals surface area contributed by atoms with E-state index in [1.165, 1.54) is 0 Å². The van der Waals surface area contributed by atoms with Crippen molar-refractivity contribution in [1.82, 2.24) is 10.2 Å². The number of amides is 2. The molecule has 6 heteroatoms. The second-order valence-electron chi connectivity index (χ2n) is 5.34. The summed E-state index contributed by atoms with van der Waals surface area (Å²) in [6, 6.07) is 6.55. The molecule has 20 heavy (non-hydrogen) atoms. The van der Waals surface area contributed by atoms with E-state index in [1.54, 1.807) is 31.2 Å². The molecular formula is C14H16N2O4. The Morgan fingerprint density at radius 1 is 1.10 bits per heavy atom. The number of carbonyl (C=O) groups is 2. The number of imide groups is 1. The number of carbonyl (C=O) groups excluding carboxylic acids is 2. The lowest BCUT2D eigenvalue weighted by Gasteiger charge is -2.40. The van der Waals surface area contributed by atoms with Crippen molar-refractivity contribution in [1.29, 1.82) is 0 Å². The zero-order valence-corrected chi connectivity index (χ0v) is 11.0. The van der Waals surface area contributed by atoms with Crippen LogP contribution in [0.5, 0.6) is 0 Å². The first-order chi connectivity index (χ1) is 9.52. The molecule has 106 valence electrons. The van der Waals surface area contributed by atoms with E-state index in [9.17, 15) is 19.8 Å². The van der Waals surface area contributed by atoms with Crippen LogP contribution in [0.4, 0.5) is 0 Å². The molecule has 3 rings (SSSR count). The van der Waals surface area contributed by atoms with Gasteiger partial charge in [-0.25, -0.2) is 0 Å². The first-order valence-electron chi connectivity index (χ1n) is 6.59. The van der Waals surface area contributed by atoms with Gasteiger partial charge in [-0.3, -0.25) is 19.8 Å². The minimum Gasteiger partial charge on any atom is -0.390 e. The van der Waals surface area contributed by atoms with Gasteiger partial charge in [-0.2, -0.15) is 0 Å². The van der Waals surface area contributed by atoms with Crippen LogP contribution in [0.15, 0.2) is 24.3 Å². The molecule has 1 saturated heterocycles. The highest BCUT2D eigenvalue weighted by Gasteiger charge is 2.46. The molecule has 0 saturated carbocycles. The average Bonchev–Trinajstić information content (AvgIpc) is 2.70. The Bertz CT molecular complexity index is 539. The Morgan fingerprint density at radius 3 is 2.20 bits per heavy atom. The zero-order valence-electron chi connectivity index (χ0n) is 11.0. The lowest BCUT2D eigenvalue weighted by atomic mass is 9.93. The van der Waals surface area contributed by atoms with Gasteiger partial charge in [0.05, 0.1) is 17.2 Å². The van der Waals surface area contributed by atoms with Gasteiger partial charge in [0.15, 0.2) is 0 Å². The van der Waals surface area contributed by atoms with Gasteiger partial charge in [-0.1, -0.05) is 19.1 Å². The number of fused-ring (bicyclic) bond motifs is 1. The summed E-state index contributed by atoms with van der Waals surface area (Å²) in [5.41, 5.74) is 0.666. The maximum Gasteiger partial charge on any atom is 0.262 e. The van der Waals surface area contributed by atoms with Crippen LogP contribution in [0.1, 0.15) is 27.6 Å². The van der Waals surface area contributed by atoms with Crippen molar-refractivity contribution in [2.45, 2.75) is 25.3 Å². The zero-order chi connectivity index (χ0) is 14.4. The standard InChI is InChI=1S/C14H16N2O4/c1-7-6-15-12(11(18)10(7)17)16-13(19)8-4-2-3-5-9(8)14(16)20/h2-5,7,10-12,15,17-18H,6H2,1H3. The fourth-order valence-electron chi connectivity index (χ4n) is 2.78. The molecule has 1 aromatic carbocycles. The normalized spacial score (nSPS) is 33.5. The summed E-state index contributed by atoms with van der Waals surface area (Å²) >= 11 is 0. The van der Waals surface area contributed by atoms with Crippen LogP contribution >= 0.6 is 0 Å². The van der Waals surface area contributed by atoms with Gasteiger partial charge in [0.25, 0.3) is 11.8 Å². The van der Waals surface area contributed by atoms with Gasteiger partial charge in [-0.05, 0) is 18.1 Å². The van der Waals surface area contributed by atoms with Crippen LogP contribution in [0, 0.1) is 5.92 Å². The molecule has 0 bridgehead atoms. The van der Waals surface area contributed by atoms with Gasteiger partial charge in [-0.15, -0.1) is 0 Å². The minimum absolute atomic E-state index is 0.142. The van der Waals surface area contributed by atoms with Crippen LogP contribution < -0.4 is 5.32 Å². The van der Waals surface area contributed by atoms with Crippen LogP contribution in [0.3, 0.4) is 0 Å². The molecule has 1 aromatic rings. The first-order valence-corrected chi connectivity index (χ1v) is 6.59. The summed E-state index contributed by atoms with van der Waals surface area (Å²) in [6.45, 7) is 2.22. The molecule has 1 fully saturated rings. The number of nitrogens with one attached hydrogen (secondary N) is 1. The average molecular weight is 276 g/mol. The summed E-state index contributed by atoms with van der Waals surface area (Å²) in [5, 5.41) is 23.0. The topological polar surface area (TPSA) is 89.9 Å². The Kier molecular flexibility index (Phi) is 3.08. The Morgan fingerprint density at radius 2 is 1.65 bits per heavy atom. The highest BCUT2D eigenvalue weighted by Crippen LogP contribution is 2.27. The van der Waals surface area contributed by atoms with Crippen LogP contribution in [0.2, 0.25) is 0 Å². The molecule has 0 aliphatic carbocycles. The fourth-order valence-corrected chi connectivity index (χ4v) is 2.78. The summed E-state index contributed by atoms with van der Waals surface area (Å²) in [5.74, 6) is -1.02. The molecule has 0 aromatic heterocycles. The SMILES string of the molecule is CC1CNC(N2C(=O)c3ccccc3C2=O)C(O)C1O. The predicted octanol–water partition coefficient (Wildman–Crippen LogP) is -0.430. The molecule has 0 radical (unpaired) electrons. The number of aliphatic hydroxyl groups excluding tert-OH is 2. The molecule has 4 atom stereocenters. The molecule has 2 aliphatic heterocycles. The Hall–Kier alpha value is -1.76. The molecule has 2 aliphatic rings. The maximum absolute atomic E-state index is 12.3. The third-order valence-corrected chi connectivity index (χ3v) is 4.01. The van der Waals surface area contributed by atoms with Crippen LogP contribution in [0.25, 0.3) is 0 Å². The van der Waals surface area contributed by atoms with E-state index in [0.29, 0.717) is 17.7 Å². The maximum atomic E-state index is 12.3. The third kappa shape index (κ3) is 1.76. The van der Waals surface area contributed by atoms with E-state index in [2.05, 4.69) is 5.32 Å². The number of hydrogen-bond donors (Lipinski definition) is 3. The lowest BCUT2D eigenvalue weighted by molar-refractivity contribution is -0.0794. The Labute approximate surface area is 116 Å². The first kappa shape index (κ1) is 13.2. The van der Waals surface area contributed by atoms with Gasteiger partial charge < -0.3 is 10.2 Å². The largest absolute Gasteiger partial charge is 0.390 e. The second kappa shape index (κ2) is 4.66. The van der Waals surface area contributed by atoms with Crippen LogP contribution in [-0.4, -0.2) is 51.8 Å². The van der Waals surface area contributed by atoms with E-state index >= 15 is 0 Å².